The zero-order valence-electron chi connectivity index (χ0n) is 11.0. The van der Waals surface area contributed by atoms with E-state index in [0.29, 0.717) is 35.7 Å². The van der Waals surface area contributed by atoms with Crippen molar-refractivity contribution in [1.29, 1.82) is 0 Å². The van der Waals surface area contributed by atoms with Crippen LogP contribution in [0.5, 0.6) is 0 Å². The van der Waals surface area contributed by atoms with Crippen LogP contribution in [-0.2, 0) is 9.68 Å². The number of carbonyl (C=O) groups excluding carboxylic acids is 2. The van der Waals surface area contributed by atoms with Crippen molar-refractivity contribution in [3.63, 3.8) is 0 Å². The van der Waals surface area contributed by atoms with Crippen LogP contribution in [0.25, 0.3) is 0 Å². The normalized spacial score (nSPS) is 23.4. The predicted molar refractivity (Wildman–Crippen MR) is 71.7 cm³/mol. The van der Waals surface area contributed by atoms with Crippen molar-refractivity contribution in [3.05, 3.63) is 16.5 Å². The number of nitrogen functional groups attached to an aromatic ring is 1. The molecule has 1 aromatic heterocycles. The van der Waals surface area contributed by atoms with Crippen LogP contribution in [-0.4, -0.2) is 41.3 Å². The SMILES string of the molecule is CCCN1OCCC(N2C(=O)c3csc(N)c3C2=O)O1. The highest BCUT2D eigenvalue weighted by Gasteiger charge is 2.44. The Kier molecular flexibility index (Phi) is 3.47. The maximum absolute atomic E-state index is 12.3. The molecule has 3 heterocycles. The number of nitrogens with two attached hydrogens (primary N) is 1. The highest BCUT2D eigenvalue weighted by molar-refractivity contribution is 7.14. The van der Waals surface area contributed by atoms with Gasteiger partial charge in [0.2, 0.25) is 0 Å². The second-order valence-corrected chi connectivity index (χ2v) is 5.52. The van der Waals surface area contributed by atoms with E-state index in [4.69, 9.17) is 15.4 Å². The molecule has 1 unspecified atom stereocenters. The molecule has 0 radical (unpaired) electrons. The lowest BCUT2D eigenvalue weighted by atomic mass is 10.2. The van der Waals surface area contributed by atoms with Gasteiger partial charge in [0.1, 0.15) is 0 Å². The Hall–Kier alpha value is -1.48. The molecule has 1 atom stereocenters. The van der Waals surface area contributed by atoms with Gasteiger partial charge in [0, 0.05) is 11.8 Å². The molecule has 7 nitrogen and oxygen atoms in total. The summed E-state index contributed by atoms with van der Waals surface area (Å²) in [6.07, 6.45) is 0.659. The molecule has 2 aliphatic rings. The van der Waals surface area contributed by atoms with Crippen molar-refractivity contribution < 1.29 is 19.3 Å². The number of hydrogen-bond acceptors (Lipinski definition) is 7. The number of anilines is 1. The second kappa shape index (κ2) is 5.13. The number of nitrogens with zero attached hydrogens (tertiary/aromatic N) is 2. The van der Waals surface area contributed by atoms with Crippen LogP contribution < -0.4 is 5.73 Å². The first-order valence-electron chi connectivity index (χ1n) is 6.45. The zero-order valence-corrected chi connectivity index (χ0v) is 11.8. The molecule has 2 aliphatic heterocycles. The van der Waals surface area contributed by atoms with E-state index in [1.807, 2.05) is 6.92 Å². The molecule has 1 aromatic rings. The van der Waals surface area contributed by atoms with E-state index >= 15 is 0 Å². The van der Waals surface area contributed by atoms with E-state index in [0.717, 1.165) is 11.3 Å². The summed E-state index contributed by atoms with van der Waals surface area (Å²) in [4.78, 5) is 36.6. The number of hydrogen-bond donors (Lipinski definition) is 1. The molecule has 0 spiro atoms. The van der Waals surface area contributed by atoms with Gasteiger partial charge in [-0.1, -0.05) is 12.2 Å². The van der Waals surface area contributed by atoms with Gasteiger partial charge in [-0.3, -0.25) is 14.4 Å². The number of amides is 2. The molecule has 0 aromatic carbocycles. The molecule has 1 fully saturated rings. The molecular formula is C12H15N3O4S. The average Bonchev–Trinajstić information content (AvgIpc) is 2.92. The Labute approximate surface area is 119 Å². The Bertz CT molecular complexity index is 557. The molecule has 8 heteroatoms. The maximum Gasteiger partial charge on any atom is 0.266 e. The van der Waals surface area contributed by atoms with Gasteiger partial charge in [0.25, 0.3) is 11.8 Å². The minimum Gasteiger partial charge on any atom is -0.390 e. The molecule has 0 saturated carbocycles. The van der Waals surface area contributed by atoms with Gasteiger partial charge >= 0.3 is 0 Å². The fourth-order valence-electron chi connectivity index (χ4n) is 2.31. The van der Waals surface area contributed by atoms with Gasteiger partial charge in [-0.25, -0.2) is 9.74 Å². The van der Waals surface area contributed by atoms with Crippen molar-refractivity contribution in [2.24, 2.45) is 0 Å². The zero-order chi connectivity index (χ0) is 14.3. The molecule has 2 amide bonds. The van der Waals surface area contributed by atoms with Crippen molar-refractivity contribution in [2.45, 2.75) is 26.0 Å². The predicted octanol–water partition coefficient (Wildman–Crippen LogP) is 1.23. The number of fused-ring (bicyclic) bond motifs is 1. The van der Waals surface area contributed by atoms with Gasteiger partial charge in [-0.05, 0) is 6.42 Å². The number of imide groups is 1. The minimum absolute atomic E-state index is 0.303. The first-order chi connectivity index (χ1) is 9.63. The molecule has 3 rings (SSSR count). The van der Waals surface area contributed by atoms with Crippen LogP contribution in [0.2, 0.25) is 0 Å². The molecular weight excluding hydrogens is 282 g/mol. The maximum atomic E-state index is 12.3. The monoisotopic (exact) mass is 297 g/mol. The van der Waals surface area contributed by atoms with Gasteiger partial charge < -0.3 is 5.73 Å². The fraction of sp³-hybridized carbons (Fsp3) is 0.500. The standard InChI is InChI=1S/C12H15N3O4S/c1-2-4-14-18-5-3-8(19-14)15-11(16)7-6-20-10(13)9(7)12(15)17/h6,8H,2-5,13H2,1H3. The van der Waals surface area contributed by atoms with E-state index < -0.39 is 6.23 Å². The summed E-state index contributed by atoms with van der Waals surface area (Å²) in [6, 6.07) is 0. The summed E-state index contributed by atoms with van der Waals surface area (Å²) < 4.78 is 0. The molecule has 1 saturated heterocycles. The highest BCUT2D eigenvalue weighted by atomic mass is 32.1. The van der Waals surface area contributed by atoms with E-state index in [-0.39, 0.29) is 11.8 Å². The molecule has 2 N–H and O–H groups in total. The van der Waals surface area contributed by atoms with Gasteiger partial charge in [-0.2, -0.15) is 0 Å². The fourth-order valence-corrected chi connectivity index (χ4v) is 3.08. The number of hydroxylamine groups is 2. The Morgan fingerprint density at radius 1 is 1.45 bits per heavy atom. The highest BCUT2D eigenvalue weighted by Crippen LogP contribution is 2.35. The number of thiophene rings is 1. The van der Waals surface area contributed by atoms with E-state index in [9.17, 15) is 9.59 Å². The summed E-state index contributed by atoms with van der Waals surface area (Å²) >= 11 is 1.21. The van der Waals surface area contributed by atoms with Crippen molar-refractivity contribution in [2.75, 3.05) is 18.9 Å². The number of rotatable bonds is 3. The lowest BCUT2D eigenvalue weighted by Crippen LogP contribution is -2.49. The van der Waals surface area contributed by atoms with Crippen LogP contribution in [0.1, 0.15) is 40.5 Å². The average molecular weight is 297 g/mol. The molecule has 0 aliphatic carbocycles. The van der Waals surface area contributed by atoms with Crippen LogP contribution in [0.15, 0.2) is 5.38 Å². The first-order valence-corrected chi connectivity index (χ1v) is 7.33. The second-order valence-electron chi connectivity index (χ2n) is 4.61. The van der Waals surface area contributed by atoms with Gasteiger partial charge in [-0.15, -0.1) is 11.3 Å². The van der Waals surface area contributed by atoms with Crippen LogP contribution in [0, 0.1) is 0 Å². The summed E-state index contributed by atoms with van der Waals surface area (Å²) in [6.45, 7) is 2.97. The Balaban J connectivity index is 1.82. The lowest BCUT2D eigenvalue weighted by Gasteiger charge is -2.34. The van der Waals surface area contributed by atoms with Crippen LogP contribution in [0.3, 0.4) is 0 Å². The Morgan fingerprint density at radius 3 is 2.95 bits per heavy atom. The smallest absolute Gasteiger partial charge is 0.266 e. The first kappa shape index (κ1) is 13.5. The third-order valence-electron chi connectivity index (χ3n) is 3.23. The molecule has 0 bridgehead atoms. The van der Waals surface area contributed by atoms with Crippen molar-refractivity contribution in [1.82, 2.24) is 10.1 Å². The van der Waals surface area contributed by atoms with E-state index in [2.05, 4.69) is 0 Å². The van der Waals surface area contributed by atoms with Crippen LogP contribution in [0.4, 0.5) is 5.00 Å². The molecule has 108 valence electrons. The van der Waals surface area contributed by atoms with Crippen LogP contribution >= 0.6 is 11.3 Å². The van der Waals surface area contributed by atoms with Gasteiger partial charge in [0.05, 0.1) is 29.3 Å². The van der Waals surface area contributed by atoms with E-state index in [1.165, 1.54) is 16.6 Å². The summed E-state index contributed by atoms with van der Waals surface area (Å²) in [5.74, 6) is -0.728. The summed E-state index contributed by atoms with van der Waals surface area (Å²) in [7, 11) is 0. The third-order valence-corrected chi connectivity index (χ3v) is 4.05. The quantitative estimate of drug-likeness (QED) is 0.845. The van der Waals surface area contributed by atoms with Crippen molar-refractivity contribution in [3.8, 4) is 0 Å². The largest absolute Gasteiger partial charge is 0.390 e. The van der Waals surface area contributed by atoms with Crippen molar-refractivity contribution >= 4 is 28.2 Å². The topological polar surface area (TPSA) is 85.1 Å². The van der Waals surface area contributed by atoms with Gasteiger partial charge in [0.15, 0.2) is 6.23 Å². The summed E-state index contributed by atoms with van der Waals surface area (Å²) in [5, 5.41) is 3.33. The minimum atomic E-state index is -0.632. The Morgan fingerprint density at radius 2 is 2.25 bits per heavy atom. The summed E-state index contributed by atoms with van der Waals surface area (Å²) in [5.41, 5.74) is 6.43. The van der Waals surface area contributed by atoms with E-state index in [1.54, 1.807) is 5.38 Å². The third kappa shape index (κ3) is 2.01. The molecule has 20 heavy (non-hydrogen) atoms. The number of carbonyl (C=O) groups is 2. The lowest BCUT2D eigenvalue weighted by molar-refractivity contribution is -0.424.